The van der Waals surface area contributed by atoms with E-state index in [1.807, 2.05) is 0 Å². The van der Waals surface area contributed by atoms with E-state index in [4.69, 9.17) is 9.47 Å². The maximum atomic E-state index is 5.46. The van der Waals surface area contributed by atoms with Gasteiger partial charge in [-0.1, -0.05) is 12.1 Å². The van der Waals surface area contributed by atoms with Gasteiger partial charge in [-0.15, -0.1) is 0 Å². The molecule has 0 N–H and O–H groups in total. The molecule has 1 atom stereocenters. The van der Waals surface area contributed by atoms with Crippen molar-refractivity contribution in [1.29, 1.82) is 0 Å². The summed E-state index contributed by atoms with van der Waals surface area (Å²) in [7, 11) is 0. The molecule has 2 heterocycles. The maximum absolute atomic E-state index is 5.46. The average Bonchev–Trinajstić information content (AvgIpc) is 2.84. The van der Waals surface area contributed by atoms with Gasteiger partial charge in [0.2, 0.25) is 0 Å². The number of hydrogen-bond acceptors (Lipinski definition) is 2. The van der Waals surface area contributed by atoms with Crippen molar-refractivity contribution in [3.8, 4) is 5.75 Å². The molecule has 0 saturated carbocycles. The zero-order valence-electron chi connectivity index (χ0n) is 6.75. The van der Waals surface area contributed by atoms with Gasteiger partial charge in [0.15, 0.2) is 0 Å². The van der Waals surface area contributed by atoms with E-state index in [1.165, 1.54) is 11.1 Å². The largest absolute Gasteiger partial charge is 0.493 e. The molecule has 62 valence electrons. The molecular formula is C10H10O2. The minimum absolute atomic E-state index is 0.347. The normalized spacial score (nSPS) is 24.8. The molecule has 2 heteroatoms. The lowest BCUT2D eigenvalue weighted by Gasteiger charge is -2.00. The third kappa shape index (κ3) is 0.916. The number of ether oxygens (including phenoxy) is 2. The first kappa shape index (κ1) is 6.49. The topological polar surface area (TPSA) is 21.8 Å². The number of benzene rings is 1. The third-order valence-electron chi connectivity index (χ3n) is 2.43. The van der Waals surface area contributed by atoms with Gasteiger partial charge in [0, 0.05) is 6.42 Å². The van der Waals surface area contributed by atoms with Gasteiger partial charge >= 0.3 is 0 Å². The maximum Gasteiger partial charge on any atom is 0.122 e. The molecule has 1 fully saturated rings. The standard InChI is InChI=1S/C10H10O2/c1-2-8(10-6-12-10)5-9-7(1)3-4-11-9/h1-2,5,10H,3-4,6H2/t10-/m1/s1. The Morgan fingerprint density at radius 1 is 1.33 bits per heavy atom. The summed E-state index contributed by atoms with van der Waals surface area (Å²) in [6.45, 7) is 1.71. The van der Waals surface area contributed by atoms with Crippen molar-refractivity contribution in [1.82, 2.24) is 0 Å². The summed E-state index contributed by atoms with van der Waals surface area (Å²) < 4.78 is 10.7. The summed E-state index contributed by atoms with van der Waals surface area (Å²) in [6.07, 6.45) is 1.40. The van der Waals surface area contributed by atoms with Crippen LogP contribution in [0, 0.1) is 0 Å². The van der Waals surface area contributed by atoms with Gasteiger partial charge in [-0.25, -0.2) is 0 Å². The zero-order chi connectivity index (χ0) is 7.97. The second kappa shape index (κ2) is 2.23. The van der Waals surface area contributed by atoms with Crippen LogP contribution in [-0.4, -0.2) is 13.2 Å². The van der Waals surface area contributed by atoms with Crippen molar-refractivity contribution in [2.75, 3.05) is 13.2 Å². The second-order valence-corrected chi connectivity index (χ2v) is 3.29. The smallest absolute Gasteiger partial charge is 0.122 e. The van der Waals surface area contributed by atoms with E-state index in [-0.39, 0.29) is 0 Å². The van der Waals surface area contributed by atoms with Gasteiger partial charge < -0.3 is 9.47 Å². The molecule has 0 spiro atoms. The summed E-state index contributed by atoms with van der Waals surface area (Å²) in [5, 5.41) is 0. The fraction of sp³-hybridized carbons (Fsp3) is 0.400. The fourth-order valence-electron chi connectivity index (χ4n) is 1.62. The van der Waals surface area contributed by atoms with Crippen LogP contribution in [-0.2, 0) is 11.2 Å². The summed E-state index contributed by atoms with van der Waals surface area (Å²) >= 11 is 0. The molecule has 0 amide bonds. The molecule has 0 aliphatic carbocycles. The van der Waals surface area contributed by atoms with E-state index in [1.54, 1.807) is 0 Å². The third-order valence-corrected chi connectivity index (χ3v) is 2.43. The summed E-state index contributed by atoms with van der Waals surface area (Å²) in [4.78, 5) is 0. The van der Waals surface area contributed by atoms with Gasteiger partial charge in [0.05, 0.1) is 13.2 Å². The Labute approximate surface area is 71.1 Å². The lowest BCUT2D eigenvalue weighted by Crippen LogP contribution is -1.86. The Bertz CT molecular complexity index is 316. The lowest BCUT2D eigenvalue weighted by atomic mass is 10.1. The van der Waals surface area contributed by atoms with Crippen LogP contribution in [0.25, 0.3) is 0 Å². The fourth-order valence-corrected chi connectivity index (χ4v) is 1.62. The second-order valence-electron chi connectivity index (χ2n) is 3.29. The molecule has 0 radical (unpaired) electrons. The van der Waals surface area contributed by atoms with Gasteiger partial charge in [0.25, 0.3) is 0 Å². The Kier molecular flexibility index (Phi) is 1.21. The monoisotopic (exact) mass is 162 g/mol. The molecule has 2 nitrogen and oxygen atoms in total. The van der Waals surface area contributed by atoms with Crippen molar-refractivity contribution in [3.05, 3.63) is 29.3 Å². The van der Waals surface area contributed by atoms with Crippen LogP contribution in [0.3, 0.4) is 0 Å². The molecule has 12 heavy (non-hydrogen) atoms. The highest BCUT2D eigenvalue weighted by Crippen LogP contribution is 2.34. The molecule has 0 unspecified atom stereocenters. The van der Waals surface area contributed by atoms with Crippen LogP contribution in [0.5, 0.6) is 5.75 Å². The van der Waals surface area contributed by atoms with Gasteiger partial charge in [-0.3, -0.25) is 0 Å². The minimum Gasteiger partial charge on any atom is -0.493 e. The average molecular weight is 162 g/mol. The van der Waals surface area contributed by atoms with E-state index in [9.17, 15) is 0 Å². The summed E-state index contributed by atoms with van der Waals surface area (Å²) in [6, 6.07) is 6.41. The van der Waals surface area contributed by atoms with Crippen LogP contribution >= 0.6 is 0 Å². The Hall–Kier alpha value is -1.02. The highest BCUT2D eigenvalue weighted by atomic mass is 16.6. The Morgan fingerprint density at radius 2 is 2.25 bits per heavy atom. The molecule has 1 aromatic carbocycles. The molecule has 2 aliphatic rings. The first-order valence-corrected chi connectivity index (χ1v) is 4.31. The van der Waals surface area contributed by atoms with E-state index < -0.39 is 0 Å². The van der Waals surface area contributed by atoms with Crippen molar-refractivity contribution >= 4 is 0 Å². The van der Waals surface area contributed by atoms with Crippen molar-refractivity contribution < 1.29 is 9.47 Å². The Morgan fingerprint density at radius 3 is 3.08 bits per heavy atom. The van der Waals surface area contributed by atoms with Crippen molar-refractivity contribution in [2.24, 2.45) is 0 Å². The number of epoxide rings is 1. The molecule has 0 bridgehead atoms. The van der Waals surface area contributed by atoms with Gasteiger partial charge in [0.1, 0.15) is 11.9 Å². The Balaban J connectivity index is 2.03. The highest BCUT2D eigenvalue weighted by Gasteiger charge is 2.26. The minimum atomic E-state index is 0.347. The number of rotatable bonds is 1. The lowest BCUT2D eigenvalue weighted by molar-refractivity contribution is 0.355. The van der Waals surface area contributed by atoms with Gasteiger partial charge in [-0.2, -0.15) is 0 Å². The van der Waals surface area contributed by atoms with Crippen LogP contribution in [0.15, 0.2) is 18.2 Å². The number of fused-ring (bicyclic) bond motifs is 1. The van der Waals surface area contributed by atoms with Crippen molar-refractivity contribution in [3.63, 3.8) is 0 Å². The highest BCUT2D eigenvalue weighted by molar-refractivity contribution is 5.41. The van der Waals surface area contributed by atoms with Crippen LogP contribution in [0.1, 0.15) is 17.2 Å². The van der Waals surface area contributed by atoms with Crippen LogP contribution < -0.4 is 4.74 Å². The summed E-state index contributed by atoms with van der Waals surface area (Å²) in [5.74, 6) is 1.06. The van der Waals surface area contributed by atoms with Crippen LogP contribution in [0.2, 0.25) is 0 Å². The molecular weight excluding hydrogens is 152 g/mol. The first-order chi connectivity index (χ1) is 5.93. The van der Waals surface area contributed by atoms with E-state index in [2.05, 4.69) is 18.2 Å². The predicted octanol–water partition coefficient (Wildman–Crippen LogP) is 1.69. The quantitative estimate of drug-likeness (QED) is 0.586. The van der Waals surface area contributed by atoms with E-state index >= 15 is 0 Å². The number of hydrogen-bond donors (Lipinski definition) is 0. The van der Waals surface area contributed by atoms with Crippen LogP contribution in [0.4, 0.5) is 0 Å². The zero-order valence-corrected chi connectivity index (χ0v) is 6.75. The van der Waals surface area contributed by atoms with Gasteiger partial charge in [-0.05, 0) is 17.2 Å². The SMILES string of the molecule is c1cc2c(cc1[C@H]1CO1)OCC2. The first-order valence-electron chi connectivity index (χ1n) is 4.31. The summed E-state index contributed by atoms with van der Waals surface area (Å²) in [5.41, 5.74) is 2.59. The molecule has 1 aromatic rings. The predicted molar refractivity (Wildman–Crippen MR) is 44.3 cm³/mol. The van der Waals surface area contributed by atoms with Crippen molar-refractivity contribution in [2.45, 2.75) is 12.5 Å². The molecule has 1 saturated heterocycles. The van der Waals surface area contributed by atoms with E-state index in [0.29, 0.717) is 6.10 Å². The molecule has 0 aromatic heterocycles. The molecule has 2 aliphatic heterocycles. The van der Waals surface area contributed by atoms with E-state index in [0.717, 1.165) is 25.4 Å². The molecule has 3 rings (SSSR count).